The molecule has 4 rings (SSSR count). The molecule has 2 fully saturated rings. The second-order valence-corrected chi connectivity index (χ2v) is 7.51. The van der Waals surface area contributed by atoms with Crippen LogP contribution in [0.2, 0.25) is 0 Å². The molecule has 1 aromatic carbocycles. The summed E-state index contributed by atoms with van der Waals surface area (Å²) < 4.78 is 1.85. The molecule has 3 heterocycles. The van der Waals surface area contributed by atoms with Crippen LogP contribution >= 0.6 is 0 Å². The largest absolute Gasteiger partial charge is 0.338 e. The average molecular weight is 338 g/mol. The van der Waals surface area contributed by atoms with Crippen LogP contribution in [0.5, 0.6) is 0 Å². The van der Waals surface area contributed by atoms with Crippen molar-refractivity contribution in [3.63, 3.8) is 0 Å². The Morgan fingerprint density at radius 3 is 2.68 bits per heavy atom. The highest BCUT2D eigenvalue weighted by molar-refractivity contribution is 5.74. The molecular weight excluding hydrogens is 312 g/mol. The molecule has 0 N–H and O–H groups in total. The Morgan fingerprint density at radius 1 is 1.24 bits per heavy atom. The third kappa shape index (κ3) is 2.86. The van der Waals surface area contributed by atoms with Crippen LogP contribution in [0.25, 0.3) is 0 Å². The van der Waals surface area contributed by atoms with E-state index in [2.05, 4.69) is 51.4 Å². The molecule has 2 aliphatic rings. The lowest BCUT2D eigenvalue weighted by molar-refractivity contribution is -0.131. The fourth-order valence-electron chi connectivity index (χ4n) is 4.78. The Morgan fingerprint density at radius 2 is 2.00 bits per heavy atom. The predicted molar refractivity (Wildman–Crippen MR) is 97.0 cm³/mol. The van der Waals surface area contributed by atoms with Crippen LogP contribution < -0.4 is 0 Å². The van der Waals surface area contributed by atoms with Crippen molar-refractivity contribution in [1.82, 2.24) is 19.6 Å². The number of amides is 1. The summed E-state index contributed by atoms with van der Waals surface area (Å²) >= 11 is 0. The molecule has 2 aromatic rings. The lowest BCUT2D eigenvalue weighted by Crippen LogP contribution is -2.56. The molecule has 1 amide bonds. The molecule has 2 aliphatic heterocycles. The van der Waals surface area contributed by atoms with Gasteiger partial charge in [-0.3, -0.25) is 14.4 Å². The number of nitrogens with zero attached hydrogens (tertiary/aromatic N) is 4. The summed E-state index contributed by atoms with van der Waals surface area (Å²) in [4.78, 5) is 16.8. The van der Waals surface area contributed by atoms with Gasteiger partial charge in [0.2, 0.25) is 5.91 Å². The SMILES string of the molecule is CC(=O)N1CC[C@]2(c3ccccc3)CCN(Cc3cnn(C)c3)C[C@H]12. The number of aromatic nitrogens is 2. The minimum atomic E-state index is 0.109. The van der Waals surface area contributed by atoms with Crippen molar-refractivity contribution in [1.29, 1.82) is 0 Å². The average Bonchev–Trinajstić information content (AvgIpc) is 3.20. The van der Waals surface area contributed by atoms with Gasteiger partial charge in [-0.2, -0.15) is 5.10 Å². The normalized spacial score (nSPS) is 26.6. The molecule has 0 spiro atoms. The molecule has 2 atom stereocenters. The minimum absolute atomic E-state index is 0.109. The minimum Gasteiger partial charge on any atom is -0.338 e. The lowest BCUT2D eigenvalue weighted by atomic mass is 9.69. The molecule has 2 saturated heterocycles. The number of rotatable bonds is 3. The first-order chi connectivity index (χ1) is 12.1. The van der Waals surface area contributed by atoms with E-state index >= 15 is 0 Å². The van der Waals surface area contributed by atoms with Gasteiger partial charge in [0.1, 0.15) is 0 Å². The molecule has 0 aliphatic carbocycles. The van der Waals surface area contributed by atoms with Crippen molar-refractivity contribution in [3.05, 3.63) is 53.9 Å². The van der Waals surface area contributed by atoms with E-state index in [-0.39, 0.29) is 17.4 Å². The summed E-state index contributed by atoms with van der Waals surface area (Å²) in [5.74, 6) is 0.200. The van der Waals surface area contributed by atoms with Crippen LogP contribution in [0.4, 0.5) is 0 Å². The van der Waals surface area contributed by atoms with Gasteiger partial charge in [0, 0.05) is 50.8 Å². The van der Waals surface area contributed by atoms with E-state index in [1.165, 1.54) is 11.1 Å². The van der Waals surface area contributed by atoms with E-state index in [9.17, 15) is 4.79 Å². The second kappa shape index (κ2) is 6.30. The zero-order valence-electron chi connectivity index (χ0n) is 15.1. The van der Waals surface area contributed by atoms with Gasteiger partial charge in [-0.1, -0.05) is 30.3 Å². The van der Waals surface area contributed by atoms with Gasteiger partial charge in [-0.05, 0) is 24.9 Å². The van der Waals surface area contributed by atoms with Gasteiger partial charge in [0.05, 0.1) is 12.2 Å². The number of likely N-dealkylation sites (tertiary alicyclic amines) is 2. The van der Waals surface area contributed by atoms with Crippen molar-refractivity contribution in [2.45, 2.75) is 37.8 Å². The van der Waals surface area contributed by atoms with Crippen LogP contribution in [0.1, 0.15) is 30.9 Å². The first kappa shape index (κ1) is 16.3. The number of piperidine rings is 1. The molecule has 0 radical (unpaired) electrons. The van der Waals surface area contributed by atoms with Crippen LogP contribution in [0, 0.1) is 0 Å². The Hall–Kier alpha value is -2.14. The molecule has 0 bridgehead atoms. The van der Waals surface area contributed by atoms with Gasteiger partial charge in [0.25, 0.3) is 0 Å². The molecule has 25 heavy (non-hydrogen) atoms. The molecule has 5 heteroatoms. The maximum atomic E-state index is 12.2. The van der Waals surface area contributed by atoms with Crippen LogP contribution in [-0.4, -0.2) is 51.2 Å². The molecule has 5 nitrogen and oxygen atoms in total. The highest BCUT2D eigenvalue weighted by atomic mass is 16.2. The van der Waals surface area contributed by atoms with Gasteiger partial charge in [-0.25, -0.2) is 0 Å². The summed E-state index contributed by atoms with van der Waals surface area (Å²) in [6.45, 7) is 5.48. The number of carbonyl (C=O) groups excluding carboxylic acids is 1. The maximum absolute atomic E-state index is 12.2. The number of hydrogen-bond acceptors (Lipinski definition) is 3. The van der Waals surface area contributed by atoms with Crippen LogP contribution in [-0.2, 0) is 23.8 Å². The number of carbonyl (C=O) groups is 1. The Bertz CT molecular complexity index is 756. The van der Waals surface area contributed by atoms with Crippen molar-refractivity contribution in [3.8, 4) is 0 Å². The third-order valence-electron chi connectivity index (χ3n) is 6.04. The monoisotopic (exact) mass is 338 g/mol. The van der Waals surface area contributed by atoms with Gasteiger partial charge in [-0.15, -0.1) is 0 Å². The zero-order chi connectivity index (χ0) is 17.4. The van der Waals surface area contributed by atoms with Crippen molar-refractivity contribution in [2.75, 3.05) is 19.6 Å². The van der Waals surface area contributed by atoms with Crippen molar-refractivity contribution < 1.29 is 4.79 Å². The molecule has 1 aromatic heterocycles. The number of aryl methyl sites for hydroxylation is 1. The first-order valence-electron chi connectivity index (χ1n) is 9.11. The summed E-state index contributed by atoms with van der Waals surface area (Å²) in [7, 11) is 1.95. The molecule has 132 valence electrons. The van der Waals surface area contributed by atoms with Crippen molar-refractivity contribution in [2.24, 2.45) is 7.05 Å². The first-order valence-corrected chi connectivity index (χ1v) is 9.11. The summed E-state index contributed by atoms with van der Waals surface area (Å²) in [5.41, 5.74) is 2.74. The van der Waals surface area contributed by atoms with Gasteiger partial charge >= 0.3 is 0 Å². The zero-order valence-corrected chi connectivity index (χ0v) is 15.1. The summed E-state index contributed by atoms with van der Waals surface area (Å²) in [6.07, 6.45) is 6.20. The maximum Gasteiger partial charge on any atom is 0.219 e. The van der Waals surface area contributed by atoms with Gasteiger partial charge < -0.3 is 4.90 Å². The van der Waals surface area contributed by atoms with E-state index in [4.69, 9.17) is 0 Å². The fraction of sp³-hybridized carbons (Fsp3) is 0.500. The number of fused-ring (bicyclic) bond motifs is 1. The predicted octanol–water partition coefficient (Wildman–Crippen LogP) is 2.18. The lowest BCUT2D eigenvalue weighted by Gasteiger charge is -2.46. The second-order valence-electron chi connectivity index (χ2n) is 7.51. The Labute approximate surface area is 149 Å². The Balaban J connectivity index is 1.60. The van der Waals surface area contributed by atoms with E-state index in [1.807, 2.05) is 17.9 Å². The van der Waals surface area contributed by atoms with Crippen LogP contribution in [0.15, 0.2) is 42.7 Å². The number of benzene rings is 1. The van der Waals surface area contributed by atoms with E-state index in [0.29, 0.717) is 0 Å². The standard InChI is InChI=1S/C20H26N4O/c1-16(25)24-11-9-20(18-6-4-3-5-7-18)8-10-23(15-19(20)24)14-17-12-21-22(2)13-17/h3-7,12-13,19H,8-11,14-15H2,1-2H3/t19-,20-/m0/s1. The van der Waals surface area contributed by atoms with E-state index in [0.717, 1.165) is 39.0 Å². The highest BCUT2D eigenvalue weighted by Gasteiger charge is 2.51. The molecule has 0 unspecified atom stereocenters. The molecular formula is C20H26N4O. The van der Waals surface area contributed by atoms with Gasteiger partial charge in [0.15, 0.2) is 0 Å². The topological polar surface area (TPSA) is 41.4 Å². The summed E-state index contributed by atoms with van der Waals surface area (Å²) in [6, 6.07) is 11.1. The fourth-order valence-corrected chi connectivity index (χ4v) is 4.78. The van der Waals surface area contributed by atoms with Crippen LogP contribution in [0.3, 0.4) is 0 Å². The highest BCUT2D eigenvalue weighted by Crippen LogP contribution is 2.45. The van der Waals surface area contributed by atoms with E-state index in [1.54, 1.807) is 6.92 Å². The Kier molecular flexibility index (Phi) is 4.12. The van der Waals surface area contributed by atoms with E-state index < -0.39 is 0 Å². The summed E-state index contributed by atoms with van der Waals surface area (Å²) in [5, 5.41) is 4.28. The van der Waals surface area contributed by atoms with Crippen molar-refractivity contribution >= 4 is 5.91 Å². The smallest absolute Gasteiger partial charge is 0.219 e. The quantitative estimate of drug-likeness (QED) is 0.861. The molecule has 0 saturated carbocycles. The number of hydrogen-bond donors (Lipinski definition) is 0. The third-order valence-corrected chi connectivity index (χ3v) is 6.04.